The first-order chi connectivity index (χ1) is 20.6. The molecule has 2 saturated heterocycles. The van der Waals surface area contributed by atoms with Crippen LogP contribution in [0.4, 0.5) is 0 Å². The normalized spacial score (nSPS) is 22.7. The Labute approximate surface area is 263 Å². The smallest absolute Gasteiger partial charge is 0.262 e. The van der Waals surface area contributed by atoms with Gasteiger partial charge in [0.25, 0.3) is 5.91 Å². The van der Waals surface area contributed by atoms with Crippen molar-refractivity contribution in [2.75, 3.05) is 38.5 Å². The molecule has 226 valence electrons. The standard InChI is InChI=1S/C32H34Cl2N4O4S/c1-4-22-7-16-27(28(21-22)42-5-2)32(31(39)37-17-19-38(20-18-37)43(40,41)6-3)35-29(23-8-12-25(33)13-9-23)30(36-32)24-10-14-26(34)15-11-24/h1,7-16,21,29-30,35-36H,5-6,17-20H2,2-3H3/t29-,30+,32?. The molecule has 2 fully saturated rings. The fraction of sp³-hybridized carbons (Fsp3) is 0.344. The van der Waals surface area contributed by atoms with Crippen LogP contribution in [-0.2, 0) is 20.5 Å². The Morgan fingerprint density at radius 3 is 1.93 bits per heavy atom. The lowest BCUT2D eigenvalue weighted by molar-refractivity contribution is -0.141. The fourth-order valence-corrected chi connectivity index (χ4v) is 7.08. The summed E-state index contributed by atoms with van der Waals surface area (Å²) < 4.78 is 32.6. The van der Waals surface area contributed by atoms with E-state index < -0.39 is 15.7 Å². The Balaban J connectivity index is 1.63. The first-order valence-electron chi connectivity index (χ1n) is 14.2. The summed E-state index contributed by atoms with van der Waals surface area (Å²) in [6, 6.07) is 19.6. The maximum absolute atomic E-state index is 14.8. The number of benzene rings is 3. The lowest BCUT2D eigenvalue weighted by Crippen LogP contribution is -2.62. The van der Waals surface area contributed by atoms with Crippen molar-refractivity contribution in [1.82, 2.24) is 19.8 Å². The van der Waals surface area contributed by atoms with E-state index in [0.29, 0.717) is 33.5 Å². The second kappa shape index (κ2) is 12.9. The summed E-state index contributed by atoms with van der Waals surface area (Å²) in [6.45, 7) is 4.77. The third kappa shape index (κ3) is 6.27. The lowest BCUT2D eigenvalue weighted by atomic mass is 9.95. The van der Waals surface area contributed by atoms with Gasteiger partial charge in [-0.1, -0.05) is 59.5 Å². The number of hydrogen-bond donors (Lipinski definition) is 2. The van der Waals surface area contributed by atoms with Crippen LogP contribution in [0, 0.1) is 12.3 Å². The summed E-state index contributed by atoms with van der Waals surface area (Å²) in [4.78, 5) is 16.5. The monoisotopic (exact) mass is 640 g/mol. The van der Waals surface area contributed by atoms with Gasteiger partial charge in [0.15, 0.2) is 5.66 Å². The molecule has 5 rings (SSSR count). The van der Waals surface area contributed by atoms with Gasteiger partial charge in [0.05, 0.1) is 24.4 Å². The Morgan fingerprint density at radius 2 is 1.47 bits per heavy atom. The molecule has 0 aromatic heterocycles. The third-order valence-electron chi connectivity index (χ3n) is 7.99. The molecular weight excluding hydrogens is 607 g/mol. The highest BCUT2D eigenvalue weighted by Crippen LogP contribution is 2.45. The first-order valence-corrected chi connectivity index (χ1v) is 16.6. The van der Waals surface area contributed by atoms with Gasteiger partial charge in [-0.05, 0) is 61.4 Å². The van der Waals surface area contributed by atoms with E-state index in [1.54, 1.807) is 24.0 Å². The summed E-state index contributed by atoms with van der Waals surface area (Å²) in [6.07, 6.45) is 5.72. The average Bonchev–Trinajstić information content (AvgIpc) is 3.43. The number of sulfonamides is 1. The van der Waals surface area contributed by atoms with Gasteiger partial charge in [-0.2, -0.15) is 4.31 Å². The fourth-order valence-electron chi connectivity index (χ4n) is 5.75. The highest BCUT2D eigenvalue weighted by atomic mass is 35.5. The molecule has 43 heavy (non-hydrogen) atoms. The highest BCUT2D eigenvalue weighted by molar-refractivity contribution is 7.89. The second-order valence-electron chi connectivity index (χ2n) is 10.5. The molecule has 2 aliphatic heterocycles. The molecule has 2 N–H and O–H groups in total. The zero-order valence-electron chi connectivity index (χ0n) is 24.0. The molecule has 1 amide bonds. The van der Waals surface area contributed by atoms with Gasteiger partial charge in [0, 0.05) is 47.4 Å². The molecule has 3 aromatic carbocycles. The molecule has 0 radical (unpaired) electrons. The highest BCUT2D eigenvalue weighted by Gasteiger charge is 2.54. The van der Waals surface area contributed by atoms with Gasteiger partial charge < -0.3 is 9.64 Å². The predicted molar refractivity (Wildman–Crippen MR) is 169 cm³/mol. The van der Waals surface area contributed by atoms with Crippen molar-refractivity contribution in [2.45, 2.75) is 31.6 Å². The number of carbonyl (C=O) groups excluding carboxylic acids is 1. The van der Waals surface area contributed by atoms with Crippen molar-refractivity contribution in [3.8, 4) is 18.1 Å². The van der Waals surface area contributed by atoms with Crippen LogP contribution >= 0.6 is 23.2 Å². The van der Waals surface area contributed by atoms with Crippen molar-refractivity contribution in [2.24, 2.45) is 0 Å². The van der Waals surface area contributed by atoms with Crippen LogP contribution in [-0.4, -0.2) is 62.1 Å². The zero-order chi connectivity index (χ0) is 30.8. The summed E-state index contributed by atoms with van der Waals surface area (Å²) in [5.41, 5.74) is 1.59. The van der Waals surface area contributed by atoms with Crippen LogP contribution in [0.1, 0.15) is 48.2 Å². The summed E-state index contributed by atoms with van der Waals surface area (Å²) in [5, 5.41) is 8.53. The number of nitrogens with one attached hydrogen (secondary N) is 2. The molecule has 11 heteroatoms. The van der Waals surface area contributed by atoms with Crippen molar-refractivity contribution in [3.63, 3.8) is 0 Å². The van der Waals surface area contributed by atoms with Crippen LogP contribution < -0.4 is 15.4 Å². The molecule has 0 saturated carbocycles. The maximum atomic E-state index is 14.8. The van der Waals surface area contributed by atoms with E-state index in [1.165, 1.54) is 4.31 Å². The molecule has 2 aliphatic rings. The zero-order valence-corrected chi connectivity index (χ0v) is 26.3. The van der Waals surface area contributed by atoms with E-state index in [4.69, 9.17) is 34.4 Å². The summed E-state index contributed by atoms with van der Waals surface area (Å²) >= 11 is 12.5. The van der Waals surface area contributed by atoms with E-state index in [1.807, 2.05) is 61.5 Å². The van der Waals surface area contributed by atoms with Crippen LogP contribution in [0.2, 0.25) is 10.0 Å². The summed E-state index contributed by atoms with van der Waals surface area (Å²) in [5.74, 6) is 2.89. The van der Waals surface area contributed by atoms with Gasteiger partial charge in [-0.25, -0.2) is 8.42 Å². The number of hydrogen-bond acceptors (Lipinski definition) is 6. The Morgan fingerprint density at radius 1 is 0.930 bits per heavy atom. The molecule has 3 aromatic rings. The number of ether oxygens (including phenoxy) is 1. The van der Waals surface area contributed by atoms with Crippen molar-refractivity contribution < 1.29 is 17.9 Å². The minimum atomic E-state index is -3.37. The van der Waals surface area contributed by atoms with Gasteiger partial charge in [-0.3, -0.25) is 15.4 Å². The molecule has 0 spiro atoms. The quantitative estimate of drug-likeness (QED) is 0.347. The number of rotatable bonds is 8. The predicted octanol–water partition coefficient (Wildman–Crippen LogP) is 4.70. The average molecular weight is 642 g/mol. The van der Waals surface area contributed by atoms with Crippen molar-refractivity contribution in [3.05, 3.63) is 99.0 Å². The van der Waals surface area contributed by atoms with E-state index in [2.05, 4.69) is 16.6 Å². The minimum Gasteiger partial charge on any atom is -0.493 e. The van der Waals surface area contributed by atoms with Crippen LogP contribution in [0.5, 0.6) is 5.75 Å². The van der Waals surface area contributed by atoms with Gasteiger partial charge in [0.2, 0.25) is 10.0 Å². The van der Waals surface area contributed by atoms with Gasteiger partial charge in [0.1, 0.15) is 5.75 Å². The lowest BCUT2D eigenvalue weighted by Gasteiger charge is -2.40. The van der Waals surface area contributed by atoms with E-state index >= 15 is 0 Å². The molecular formula is C32H34Cl2N4O4S. The SMILES string of the molecule is C#Cc1ccc(C2(C(=O)N3CCN(S(=O)(=O)CC)CC3)N[C@H](c3ccc(Cl)cc3)[C@H](c3ccc(Cl)cc3)N2)c(OCC)c1. The molecule has 3 atom stereocenters. The van der Waals surface area contributed by atoms with Crippen molar-refractivity contribution in [1.29, 1.82) is 0 Å². The molecule has 1 unspecified atom stereocenters. The van der Waals surface area contributed by atoms with E-state index in [9.17, 15) is 13.2 Å². The second-order valence-corrected chi connectivity index (χ2v) is 13.6. The number of piperazine rings is 1. The first kappa shape index (κ1) is 31.3. The molecule has 2 heterocycles. The molecule has 0 bridgehead atoms. The topological polar surface area (TPSA) is 91.0 Å². The van der Waals surface area contributed by atoms with Crippen molar-refractivity contribution >= 4 is 39.1 Å². The number of nitrogens with zero attached hydrogens (tertiary/aromatic N) is 2. The Kier molecular flexibility index (Phi) is 9.37. The number of halogens is 2. The largest absolute Gasteiger partial charge is 0.493 e. The van der Waals surface area contributed by atoms with Gasteiger partial charge >= 0.3 is 0 Å². The summed E-state index contributed by atoms with van der Waals surface area (Å²) in [7, 11) is -3.37. The minimum absolute atomic E-state index is 0.0127. The maximum Gasteiger partial charge on any atom is 0.262 e. The number of carbonyl (C=O) groups is 1. The van der Waals surface area contributed by atoms with Crippen LogP contribution in [0.15, 0.2) is 66.7 Å². The van der Waals surface area contributed by atoms with Crippen LogP contribution in [0.25, 0.3) is 0 Å². The Hall–Kier alpha value is -3.10. The van der Waals surface area contributed by atoms with Gasteiger partial charge in [-0.15, -0.1) is 6.42 Å². The van der Waals surface area contributed by atoms with E-state index in [0.717, 1.165) is 11.1 Å². The third-order valence-corrected chi connectivity index (χ3v) is 10.4. The van der Waals surface area contributed by atoms with Crippen LogP contribution in [0.3, 0.4) is 0 Å². The molecule has 0 aliphatic carbocycles. The molecule has 8 nitrogen and oxygen atoms in total. The van der Waals surface area contributed by atoms with E-state index in [-0.39, 0.29) is 49.9 Å². The number of amides is 1. The Bertz CT molecular complexity index is 1560. The number of terminal acetylenes is 1.